The number of benzene rings is 1. The molecule has 2 fully saturated rings. The van der Waals surface area contributed by atoms with Crippen LogP contribution in [0.5, 0.6) is 0 Å². The highest BCUT2D eigenvalue weighted by Gasteiger charge is 2.28. The summed E-state index contributed by atoms with van der Waals surface area (Å²) < 4.78 is 35.8. The Bertz CT molecular complexity index is 1250. The van der Waals surface area contributed by atoms with Crippen molar-refractivity contribution in [2.24, 2.45) is 5.92 Å². The molecule has 9 heteroatoms. The predicted octanol–water partition coefficient (Wildman–Crippen LogP) is 2.64. The highest BCUT2D eigenvalue weighted by Crippen LogP contribution is 2.33. The number of nitriles is 1. The molecule has 0 bridgehead atoms. The lowest BCUT2D eigenvalue weighted by atomic mass is 10.1. The van der Waals surface area contributed by atoms with Crippen molar-refractivity contribution in [2.45, 2.75) is 37.5 Å². The van der Waals surface area contributed by atoms with Gasteiger partial charge < -0.3 is 9.30 Å². The van der Waals surface area contributed by atoms with E-state index in [0.717, 1.165) is 42.1 Å². The first-order valence-electron chi connectivity index (χ1n) is 10.3. The Labute approximate surface area is 174 Å². The maximum atomic E-state index is 12.8. The third-order valence-electron chi connectivity index (χ3n) is 5.88. The smallest absolute Gasteiger partial charge is 0.218 e. The van der Waals surface area contributed by atoms with Gasteiger partial charge in [0, 0.05) is 31.2 Å². The lowest BCUT2D eigenvalue weighted by Gasteiger charge is -2.26. The molecular weight excluding hydrogens is 402 g/mol. The second-order valence-corrected chi connectivity index (χ2v) is 9.94. The SMILES string of the molecule is N#Cc1ccc2ncc3nc(CS(=O)(=O)NCC4CC4)n(C4CCOCC4)c3c2c1. The molecule has 0 atom stereocenters. The van der Waals surface area contributed by atoms with Gasteiger partial charge in [0.2, 0.25) is 10.0 Å². The molecule has 156 valence electrons. The molecule has 1 saturated heterocycles. The van der Waals surface area contributed by atoms with Gasteiger partial charge >= 0.3 is 0 Å². The summed E-state index contributed by atoms with van der Waals surface area (Å²) in [6.07, 6.45) is 5.43. The first-order chi connectivity index (χ1) is 14.5. The number of imidazole rings is 1. The fourth-order valence-electron chi connectivity index (χ4n) is 4.12. The van der Waals surface area contributed by atoms with Gasteiger partial charge in [-0.05, 0) is 49.8 Å². The Morgan fingerprint density at radius 2 is 2.00 bits per heavy atom. The van der Waals surface area contributed by atoms with Crippen LogP contribution >= 0.6 is 0 Å². The third-order valence-corrected chi connectivity index (χ3v) is 7.13. The van der Waals surface area contributed by atoms with Crippen LogP contribution in [0.4, 0.5) is 0 Å². The van der Waals surface area contributed by atoms with Gasteiger partial charge in [0.15, 0.2) is 0 Å². The van der Waals surface area contributed by atoms with Crippen molar-refractivity contribution < 1.29 is 13.2 Å². The average Bonchev–Trinajstić information content (AvgIpc) is 3.52. The molecule has 3 aromatic rings. The van der Waals surface area contributed by atoms with Gasteiger partial charge in [0.1, 0.15) is 17.1 Å². The number of aromatic nitrogens is 3. The molecular formula is C21H23N5O3S. The van der Waals surface area contributed by atoms with Gasteiger partial charge in [-0.2, -0.15) is 5.26 Å². The highest BCUT2D eigenvalue weighted by molar-refractivity contribution is 7.88. The van der Waals surface area contributed by atoms with Crippen molar-refractivity contribution in [1.82, 2.24) is 19.3 Å². The van der Waals surface area contributed by atoms with Crippen molar-refractivity contribution >= 4 is 32.0 Å². The van der Waals surface area contributed by atoms with Crippen LogP contribution < -0.4 is 4.72 Å². The van der Waals surface area contributed by atoms with E-state index in [2.05, 4.69) is 25.3 Å². The largest absolute Gasteiger partial charge is 0.381 e. The molecule has 0 spiro atoms. The van der Waals surface area contributed by atoms with Gasteiger partial charge in [0.25, 0.3) is 0 Å². The van der Waals surface area contributed by atoms with Crippen LogP contribution in [0, 0.1) is 17.2 Å². The van der Waals surface area contributed by atoms with E-state index >= 15 is 0 Å². The molecule has 1 saturated carbocycles. The van der Waals surface area contributed by atoms with Crippen LogP contribution in [0.1, 0.15) is 43.1 Å². The maximum Gasteiger partial charge on any atom is 0.218 e. The Balaban J connectivity index is 1.65. The summed E-state index contributed by atoms with van der Waals surface area (Å²) in [5.74, 6) is 0.800. The monoisotopic (exact) mass is 425 g/mol. The van der Waals surface area contributed by atoms with Crippen LogP contribution in [0.2, 0.25) is 0 Å². The summed E-state index contributed by atoms with van der Waals surface area (Å²) in [7, 11) is -3.50. The molecule has 0 radical (unpaired) electrons. The Kier molecular flexibility index (Phi) is 4.93. The quantitative estimate of drug-likeness (QED) is 0.650. The summed E-state index contributed by atoms with van der Waals surface area (Å²) in [5.41, 5.74) is 2.79. The molecule has 2 aromatic heterocycles. The molecule has 1 N–H and O–H groups in total. The standard InChI is InChI=1S/C21H23N5O3S/c22-10-15-3-4-18-17(9-15)21-19(12-23-18)25-20(26(21)16-5-7-29-8-6-16)13-30(27,28)24-11-14-1-2-14/h3-4,9,12,14,16,24H,1-2,5-8,11,13H2. The number of hydrogen-bond donors (Lipinski definition) is 1. The molecule has 5 rings (SSSR count). The van der Waals surface area contributed by atoms with E-state index in [4.69, 9.17) is 4.74 Å². The molecule has 1 aliphatic carbocycles. The highest BCUT2D eigenvalue weighted by atomic mass is 32.2. The number of hydrogen-bond acceptors (Lipinski definition) is 6. The molecule has 30 heavy (non-hydrogen) atoms. The molecule has 0 unspecified atom stereocenters. The predicted molar refractivity (Wildman–Crippen MR) is 112 cm³/mol. The van der Waals surface area contributed by atoms with Crippen LogP contribution in [0.15, 0.2) is 24.4 Å². The zero-order valence-corrected chi connectivity index (χ0v) is 17.4. The number of nitrogens with one attached hydrogen (secondary N) is 1. The molecule has 2 aliphatic rings. The summed E-state index contributed by atoms with van der Waals surface area (Å²) in [6.45, 7) is 1.75. The summed E-state index contributed by atoms with van der Waals surface area (Å²) >= 11 is 0. The molecule has 1 aromatic carbocycles. The number of sulfonamides is 1. The number of ether oxygens (including phenoxy) is 1. The molecule has 1 aliphatic heterocycles. The van der Waals surface area contributed by atoms with Crippen molar-refractivity contribution in [3.05, 3.63) is 35.8 Å². The lowest BCUT2D eigenvalue weighted by molar-refractivity contribution is 0.0701. The fraction of sp³-hybridized carbons (Fsp3) is 0.476. The minimum atomic E-state index is -3.50. The second kappa shape index (κ2) is 7.61. The summed E-state index contributed by atoms with van der Waals surface area (Å²) in [5, 5.41) is 10.2. The van der Waals surface area contributed by atoms with Crippen LogP contribution in [-0.4, -0.2) is 42.7 Å². The van der Waals surface area contributed by atoms with Gasteiger partial charge in [-0.25, -0.2) is 18.1 Å². The fourth-order valence-corrected chi connectivity index (χ4v) is 5.26. The van der Waals surface area contributed by atoms with Gasteiger partial charge in [-0.15, -0.1) is 0 Å². The van der Waals surface area contributed by atoms with Crippen LogP contribution in [0.25, 0.3) is 21.9 Å². The Morgan fingerprint density at radius 1 is 1.20 bits per heavy atom. The molecule has 0 amide bonds. The minimum absolute atomic E-state index is 0.0914. The van der Waals surface area contributed by atoms with E-state index in [1.807, 2.05) is 12.1 Å². The molecule has 8 nitrogen and oxygen atoms in total. The zero-order valence-electron chi connectivity index (χ0n) is 16.5. The van der Waals surface area contributed by atoms with Crippen LogP contribution in [0.3, 0.4) is 0 Å². The van der Waals surface area contributed by atoms with E-state index in [0.29, 0.717) is 42.6 Å². The molecule has 3 heterocycles. The first kappa shape index (κ1) is 19.4. The number of nitrogens with zero attached hydrogens (tertiary/aromatic N) is 4. The second-order valence-electron chi connectivity index (χ2n) is 8.13. The normalized spacial score (nSPS) is 18.1. The van der Waals surface area contributed by atoms with Crippen LogP contribution in [-0.2, 0) is 20.5 Å². The van der Waals surface area contributed by atoms with E-state index in [1.54, 1.807) is 12.3 Å². The van der Waals surface area contributed by atoms with Gasteiger partial charge in [-0.1, -0.05) is 0 Å². The van der Waals surface area contributed by atoms with E-state index in [1.165, 1.54) is 0 Å². The van der Waals surface area contributed by atoms with Crippen molar-refractivity contribution in [3.8, 4) is 6.07 Å². The third kappa shape index (κ3) is 3.78. The summed E-state index contributed by atoms with van der Waals surface area (Å²) in [6, 6.07) is 7.64. The number of pyridine rings is 1. The van der Waals surface area contributed by atoms with Crippen molar-refractivity contribution in [2.75, 3.05) is 19.8 Å². The minimum Gasteiger partial charge on any atom is -0.381 e. The van der Waals surface area contributed by atoms with Crippen molar-refractivity contribution in [3.63, 3.8) is 0 Å². The average molecular weight is 426 g/mol. The number of fused-ring (bicyclic) bond motifs is 3. The van der Waals surface area contributed by atoms with Gasteiger partial charge in [0.05, 0.1) is 28.9 Å². The van der Waals surface area contributed by atoms with E-state index in [-0.39, 0.29) is 11.8 Å². The zero-order chi connectivity index (χ0) is 20.7. The number of rotatable bonds is 6. The Morgan fingerprint density at radius 3 is 2.73 bits per heavy atom. The lowest BCUT2D eigenvalue weighted by Crippen LogP contribution is -2.29. The first-order valence-corrected chi connectivity index (χ1v) is 11.9. The van der Waals surface area contributed by atoms with E-state index < -0.39 is 10.0 Å². The van der Waals surface area contributed by atoms with Gasteiger partial charge in [-0.3, -0.25) is 4.98 Å². The summed E-state index contributed by atoms with van der Waals surface area (Å²) in [4.78, 5) is 9.15. The van der Waals surface area contributed by atoms with Crippen molar-refractivity contribution in [1.29, 1.82) is 5.26 Å². The Hall–Kier alpha value is -2.54. The topological polar surface area (TPSA) is 110 Å². The maximum absolute atomic E-state index is 12.8. The van der Waals surface area contributed by atoms with E-state index in [9.17, 15) is 13.7 Å².